The smallest absolute Gasteiger partial charge is 0.323 e. The minimum atomic E-state index is -1.15. The lowest BCUT2D eigenvalue weighted by molar-refractivity contribution is -0.138. The molecule has 0 radical (unpaired) electrons. The Morgan fingerprint density at radius 3 is 2.49 bits per heavy atom. The highest BCUT2D eigenvalue weighted by Gasteiger charge is 2.29. The number of rotatable bonds is 7. The van der Waals surface area contributed by atoms with Crippen molar-refractivity contribution in [2.75, 3.05) is 17.2 Å². The molecule has 4 N–H and O–H groups in total. The molecule has 0 bridgehead atoms. The van der Waals surface area contributed by atoms with E-state index in [1.807, 2.05) is 25.1 Å². The van der Waals surface area contributed by atoms with Crippen molar-refractivity contribution in [2.24, 2.45) is 5.92 Å². The Morgan fingerprint density at radius 1 is 1.00 bits per heavy atom. The number of carboxylic acids is 1. The Bertz CT molecular complexity index is 1390. The third-order valence-corrected chi connectivity index (χ3v) is 6.20. The fourth-order valence-corrected chi connectivity index (χ4v) is 4.37. The number of fused-ring (bicyclic) bond motifs is 1. The van der Waals surface area contributed by atoms with E-state index in [4.69, 9.17) is 5.11 Å². The number of ketones is 1. The predicted molar refractivity (Wildman–Crippen MR) is 137 cm³/mol. The number of hydrogen-bond donors (Lipinski definition) is 4. The molecule has 0 aromatic heterocycles. The second kappa shape index (κ2) is 11.0. The van der Waals surface area contributed by atoms with Gasteiger partial charge in [-0.15, -0.1) is 0 Å². The van der Waals surface area contributed by atoms with E-state index >= 15 is 0 Å². The molecule has 190 valence electrons. The number of anilines is 2. The van der Waals surface area contributed by atoms with Crippen molar-refractivity contribution in [3.8, 4) is 11.1 Å². The van der Waals surface area contributed by atoms with Crippen molar-refractivity contribution in [3.63, 3.8) is 0 Å². The van der Waals surface area contributed by atoms with Crippen LogP contribution in [0.25, 0.3) is 11.1 Å². The number of halogens is 1. The standard InChI is InChI=1S/C28H26FN3O5/c1-16-3-2-4-21(11-16)31-28(37)32-24-10-8-18(13-23(24)29)17-7-9-22-19(12-17)5-6-20(27(22)36)14-25(33)30-15-26(34)35/h2-4,7-13,20H,5-6,14-15H2,1H3,(H,30,33)(H,34,35)(H2,31,32,37). The van der Waals surface area contributed by atoms with Gasteiger partial charge in [-0.2, -0.15) is 0 Å². The summed E-state index contributed by atoms with van der Waals surface area (Å²) in [5.74, 6) is -2.90. The van der Waals surface area contributed by atoms with E-state index < -0.39 is 36.2 Å². The molecule has 0 saturated heterocycles. The second-order valence-electron chi connectivity index (χ2n) is 8.99. The molecule has 1 unspecified atom stereocenters. The van der Waals surface area contributed by atoms with E-state index in [2.05, 4.69) is 16.0 Å². The van der Waals surface area contributed by atoms with Crippen molar-refractivity contribution < 1.29 is 28.7 Å². The fourth-order valence-electron chi connectivity index (χ4n) is 4.37. The number of carbonyl (C=O) groups excluding carboxylic acids is 3. The molecule has 4 rings (SSSR count). The molecule has 37 heavy (non-hydrogen) atoms. The Balaban J connectivity index is 1.42. The Hall–Kier alpha value is -4.53. The molecule has 0 heterocycles. The maximum Gasteiger partial charge on any atom is 0.323 e. The summed E-state index contributed by atoms with van der Waals surface area (Å²) in [6.45, 7) is 1.42. The van der Waals surface area contributed by atoms with Crippen LogP contribution in [0.1, 0.15) is 34.3 Å². The lowest BCUT2D eigenvalue weighted by Crippen LogP contribution is -2.33. The van der Waals surface area contributed by atoms with E-state index in [0.29, 0.717) is 29.7 Å². The summed E-state index contributed by atoms with van der Waals surface area (Å²) in [6.07, 6.45) is 0.959. The molecule has 1 aliphatic carbocycles. The van der Waals surface area contributed by atoms with Crippen molar-refractivity contribution in [1.29, 1.82) is 0 Å². The predicted octanol–water partition coefficient (Wildman–Crippen LogP) is 4.78. The number of hydrogen-bond acceptors (Lipinski definition) is 4. The second-order valence-corrected chi connectivity index (χ2v) is 8.99. The van der Waals surface area contributed by atoms with Crippen LogP contribution >= 0.6 is 0 Å². The number of aryl methyl sites for hydroxylation is 2. The first kappa shape index (κ1) is 25.6. The molecule has 0 fully saturated rings. The van der Waals surface area contributed by atoms with Crippen molar-refractivity contribution in [2.45, 2.75) is 26.2 Å². The highest BCUT2D eigenvalue weighted by molar-refractivity contribution is 6.03. The normalized spacial score (nSPS) is 14.4. The molecule has 9 heteroatoms. The summed E-state index contributed by atoms with van der Waals surface area (Å²) in [5.41, 5.74) is 4.25. The van der Waals surface area contributed by atoms with Gasteiger partial charge in [0.15, 0.2) is 5.78 Å². The number of amides is 3. The summed E-state index contributed by atoms with van der Waals surface area (Å²) in [5, 5.41) is 16.1. The molecular formula is C28H26FN3O5. The van der Waals surface area contributed by atoms with Crippen LogP contribution in [0, 0.1) is 18.7 Å². The number of Topliss-reactive ketones (excluding diaryl/α,β-unsaturated/α-hetero) is 1. The van der Waals surface area contributed by atoms with Gasteiger partial charge in [-0.25, -0.2) is 9.18 Å². The van der Waals surface area contributed by atoms with Crippen LogP contribution in [0.2, 0.25) is 0 Å². The number of urea groups is 1. The fraction of sp³-hybridized carbons (Fsp3) is 0.214. The first-order valence-corrected chi connectivity index (χ1v) is 11.8. The zero-order chi connectivity index (χ0) is 26.5. The number of aliphatic carboxylic acids is 1. The minimum Gasteiger partial charge on any atom is -0.480 e. The van der Waals surface area contributed by atoms with Crippen LogP contribution in [0.15, 0.2) is 60.7 Å². The molecule has 3 aromatic rings. The van der Waals surface area contributed by atoms with E-state index in [9.17, 15) is 23.6 Å². The summed E-state index contributed by atoms with van der Waals surface area (Å²) >= 11 is 0. The molecule has 3 aromatic carbocycles. The van der Waals surface area contributed by atoms with Gasteiger partial charge in [0, 0.05) is 23.6 Å². The Labute approximate surface area is 212 Å². The van der Waals surface area contributed by atoms with Gasteiger partial charge in [-0.3, -0.25) is 14.4 Å². The van der Waals surface area contributed by atoms with Crippen LogP contribution in [0.5, 0.6) is 0 Å². The van der Waals surface area contributed by atoms with Crippen molar-refractivity contribution in [3.05, 3.63) is 83.2 Å². The number of nitrogens with one attached hydrogen (secondary N) is 3. The molecule has 1 aliphatic rings. The van der Waals surface area contributed by atoms with Gasteiger partial charge in [0.2, 0.25) is 5.91 Å². The lowest BCUT2D eigenvalue weighted by Gasteiger charge is -2.23. The highest BCUT2D eigenvalue weighted by Crippen LogP contribution is 2.32. The zero-order valence-corrected chi connectivity index (χ0v) is 20.1. The number of carboxylic acid groups (broad SMARTS) is 1. The van der Waals surface area contributed by atoms with Crippen molar-refractivity contribution >= 4 is 35.1 Å². The molecule has 3 amide bonds. The lowest BCUT2D eigenvalue weighted by atomic mass is 9.80. The SMILES string of the molecule is Cc1cccc(NC(=O)Nc2ccc(-c3ccc4c(c3)CCC(CC(=O)NCC(=O)O)C4=O)cc2F)c1. The molecule has 0 saturated carbocycles. The van der Waals surface area contributed by atoms with Gasteiger partial charge in [0.05, 0.1) is 5.69 Å². The Kier molecular flexibility index (Phi) is 7.62. The van der Waals surface area contributed by atoms with Crippen LogP contribution in [-0.2, 0) is 16.0 Å². The van der Waals surface area contributed by atoms with Gasteiger partial charge >= 0.3 is 12.0 Å². The van der Waals surface area contributed by atoms with E-state index in [1.165, 1.54) is 12.1 Å². The third kappa shape index (κ3) is 6.38. The zero-order valence-electron chi connectivity index (χ0n) is 20.1. The van der Waals surface area contributed by atoms with Crippen LogP contribution in [-0.4, -0.2) is 35.3 Å². The number of benzene rings is 3. The average Bonchev–Trinajstić information content (AvgIpc) is 2.85. The third-order valence-electron chi connectivity index (χ3n) is 6.20. The minimum absolute atomic E-state index is 0.0334. The maximum atomic E-state index is 14.8. The summed E-state index contributed by atoms with van der Waals surface area (Å²) in [4.78, 5) is 47.7. The summed E-state index contributed by atoms with van der Waals surface area (Å²) in [7, 11) is 0. The summed E-state index contributed by atoms with van der Waals surface area (Å²) < 4.78 is 14.8. The topological polar surface area (TPSA) is 125 Å². The number of carbonyl (C=O) groups is 4. The highest BCUT2D eigenvalue weighted by atomic mass is 19.1. The molecule has 8 nitrogen and oxygen atoms in total. The van der Waals surface area contributed by atoms with Crippen LogP contribution < -0.4 is 16.0 Å². The molecule has 1 atom stereocenters. The van der Waals surface area contributed by atoms with Gasteiger partial charge in [0.1, 0.15) is 12.4 Å². The quantitative estimate of drug-likeness (QED) is 0.369. The van der Waals surface area contributed by atoms with Gasteiger partial charge in [-0.05, 0) is 66.3 Å². The largest absolute Gasteiger partial charge is 0.480 e. The van der Waals surface area contributed by atoms with E-state index in [0.717, 1.165) is 16.7 Å². The van der Waals surface area contributed by atoms with E-state index in [-0.39, 0.29) is 17.9 Å². The van der Waals surface area contributed by atoms with Crippen molar-refractivity contribution in [1.82, 2.24) is 5.32 Å². The van der Waals surface area contributed by atoms with Gasteiger partial charge < -0.3 is 21.1 Å². The maximum absolute atomic E-state index is 14.8. The van der Waals surface area contributed by atoms with Crippen LogP contribution in [0.3, 0.4) is 0 Å². The Morgan fingerprint density at radius 2 is 1.76 bits per heavy atom. The molecular weight excluding hydrogens is 477 g/mol. The average molecular weight is 504 g/mol. The van der Waals surface area contributed by atoms with Gasteiger partial charge in [0.25, 0.3) is 0 Å². The molecule has 0 aliphatic heterocycles. The molecule has 0 spiro atoms. The van der Waals surface area contributed by atoms with Crippen LogP contribution in [0.4, 0.5) is 20.6 Å². The van der Waals surface area contributed by atoms with E-state index in [1.54, 1.807) is 30.3 Å². The van der Waals surface area contributed by atoms with Gasteiger partial charge in [-0.1, -0.05) is 36.4 Å². The first-order valence-electron chi connectivity index (χ1n) is 11.8. The first-order chi connectivity index (χ1) is 17.7. The summed E-state index contributed by atoms with van der Waals surface area (Å²) in [6, 6.07) is 16.4. The monoisotopic (exact) mass is 503 g/mol.